The van der Waals surface area contributed by atoms with Gasteiger partial charge in [0.2, 0.25) is 0 Å². The summed E-state index contributed by atoms with van der Waals surface area (Å²) < 4.78 is 45.9. The Bertz CT molecular complexity index is 1860. The van der Waals surface area contributed by atoms with Crippen LogP contribution in [0.1, 0.15) is 35.5 Å². The van der Waals surface area contributed by atoms with E-state index in [9.17, 15) is 14.3 Å². The lowest BCUT2D eigenvalue weighted by Gasteiger charge is -2.44. The van der Waals surface area contributed by atoms with Crippen LogP contribution in [0.5, 0.6) is 0 Å². The number of nitrogen functional groups attached to an aromatic ring is 1. The highest BCUT2D eigenvalue weighted by molar-refractivity contribution is 8.44. The summed E-state index contributed by atoms with van der Waals surface area (Å²) in [6.45, 7) is -7.90. The molecule has 0 radical (unpaired) electrons. The van der Waals surface area contributed by atoms with Gasteiger partial charge in [0.25, 0.3) is 5.91 Å². The Labute approximate surface area is 259 Å². The first-order valence-corrected chi connectivity index (χ1v) is 18.8. The minimum Gasteiger partial charge on any atom is -0.382 e. The lowest BCUT2D eigenvalue weighted by Crippen LogP contribution is -2.43. The number of thiol groups is 1. The highest BCUT2D eigenvalue weighted by Gasteiger charge is 2.47. The van der Waals surface area contributed by atoms with Crippen molar-refractivity contribution >= 4 is 71.5 Å². The highest BCUT2D eigenvalue weighted by Crippen LogP contribution is 2.58. The summed E-state index contributed by atoms with van der Waals surface area (Å²) in [5.41, 5.74) is 13.5. The van der Waals surface area contributed by atoms with Gasteiger partial charge in [-0.25, -0.2) is 24.2 Å². The Morgan fingerprint density at radius 3 is 2.73 bits per heavy atom. The molecule has 1 saturated carbocycles. The predicted molar refractivity (Wildman–Crippen MR) is 161 cm³/mol. The Morgan fingerprint density at radius 1 is 1.09 bits per heavy atom. The summed E-state index contributed by atoms with van der Waals surface area (Å²) in [4.78, 5) is 35.4. The van der Waals surface area contributed by atoms with Crippen molar-refractivity contribution in [2.24, 2.45) is 17.6 Å². The first-order chi connectivity index (χ1) is 21.0. The molecule has 17 nitrogen and oxygen atoms in total. The Balaban J connectivity index is 1.12. The second-order valence-corrected chi connectivity index (χ2v) is 16.4. The van der Waals surface area contributed by atoms with Gasteiger partial charge < -0.3 is 34.7 Å². The van der Waals surface area contributed by atoms with E-state index in [1.54, 1.807) is 27.4 Å². The zero-order valence-electron chi connectivity index (χ0n) is 22.7. The molecule has 21 heteroatoms. The molecule has 7 rings (SSSR count). The number of ether oxygens (including phenoxy) is 1. The van der Waals surface area contributed by atoms with Gasteiger partial charge in [-0.2, -0.15) is 0 Å². The summed E-state index contributed by atoms with van der Waals surface area (Å²) in [7, 11) is 0. The molecule has 8 atom stereocenters. The third kappa shape index (κ3) is 5.55. The maximum Gasteiger partial charge on any atom is 0.386 e. The fourth-order valence-electron chi connectivity index (χ4n) is 5.89. The van der Waals surface area contributed by atoms with Crippen LogP contribution < -0.4 is 11.5 Å². The summed E-state index contributed by atoms with van der Waals surface area (Å²) in [5.74, 6) is -0.894. The van der Waals surface area contributed by atoms with E-state index >= 15 is 0 Å². The van der Waals surface area contributed by atoms with Gasteiger partial charge in [-0.1, -0.05) is 23.5 Å². The van der Waals surface area contributed by atoms with Crippen LogP contribution >= 0.6 is 25.8 Å². The molecular weight excluding hydrogens is 656 g/mol. The van der Waals surface area contributed by atoms with E-state index < -0.39 is 37.9 Å². The Morgan fingerprint density at radius 2 is 1.91 bits per heavy atom. The number of hydrogen-bond acceptors (Lipinski definition) is 14. The number of anilines is 1. The number of carbonyl (C=O) groups excluding carboxylic acids is 1. The van der Waals surface area contributed by atoms with Crippen molar-refractivity contribution in [2.75, 3.05) is 25.6 Å². The second-order valence-electron chi connectivity index (χ2n) is 10.7. The molecule has 3 aromatic heterocycles. The van der Waals surface area contributed by atoms with E-state index in [1.165, 1.54) is 12.7 Å². The fourth-order valence-corrected chi connectivity index (χ4v) is 8.58. The highest BCUT2D eigenvalue weighted by atomic mass is 32.7. The topological polar surface area (TPSA) is 227 Å². The number of benzene rings is 1. The third-order valence-corrected chi connectivity index (χ3v) is 11.4. The molecule has 2 aliphatic heterocycles. The van der Waals surface area contributed by atoms with Crippen LogP contribution in [0.3, 0.4) is 0 Å². The average Bonchev–Trinajstić information content (AvgIpc) is 3.68. The quantitative estimate of drug-likeness (QED) is 0.179. The van der Waals surface area contributed by atoms with Crippen LogP contribution in [0.2, 0.25) is 0 Å². The number of nitrogens with zero attached hydrogens (tertiary/aromatic N) is 7. The van der Waals surface area contributed by atoms with Crippen LogP contribution in [0.25, 0.3) is 22.2 Å². The Hall–Kier alpha value is -2.57. The average molecular weight is 684 g/mol. The summed E-state index contributed by atoms with van der Waals surface area (Å²) in [6, 6.07) is 4.79. The van der Waals surface area contributed by atoms with Crippen LogP contribution in [-0.2, 0) is 39.2 Å². The molecule has 4 aromatic rings. The van der Waals surface area contributed by atoms with Gasteiger partial charge in [0.05, 0.1) is 49.4 Å². The number of primary amides is 1. The lowest BCUT2D eigenvalue weighted by molar-refractivity contribution is -0.0375. The number of aromatic nitrogens is 7. The Kier molecular flexibility index (Phi) is 7.76. The molecule has 2 unspecified atom stereocenters. The monoisotopic (exact) mass is 683 g/mol. The molecule has 1 aliphatic carbocycles. The molecule has 234 valence electrons. The van der Waals surface area contributed by atoms with Crippen LogP contribution in [0, 0.1) is 11.8 Å². The maximum absolute atomic E-state index is 13.3. The van der Waals surface area contributed by atoms with E-state index in [2.05, 4.69) is 37.5 Å². The first-order valence-electron chi connectivity index (χ1n) is 13.5. The smallest absolute Gasteiger partial charge is 0.382 e. The van der Waals surface area contributed by atoms with E-state index in [-0.39, 0.29) is 55.5 Å². The zero-order chi connectivity index (χ0) is 30.8. The van der Waals surface area contributed by atoms with Gasteiger partial charge in [-0.15, -0.1) is 5.10 Å². The number of imidazole rings is 1. The van der Waals surface area contributed by atoms with E-state index in [0.717, 1.165) is 0 Å². The molecule has 0 spiro atoms. The molecule has 2 saturated heterocycles. The number of rotatable bonds is 3. The standard InChI is InChI=1S/C23H27N9O8P2S2/c24-21-20-23(27-9-26-21)31(10-28-20)18-5-16-17(39-18)8-38-41(34,43)37-7-13-11(6-36-42(35,44)40-16)4-15(13)32-14-3-1-2-12(22(25)33)19(14)29-30-32/h1-3,9-11,13,15-18H,4-8H2,(H2,25,33)(H,34,43)(H,35,44)(H2,24,26,27)/t11-,13-,15-,16+,17-,18-,41?,42?/m1/s1. The van der Waals surface area contributed by atoms with Crippen molar-refractivity contribution < 1.29 is 37.1 Å². The number of hydrogen-bond donors (Lipinski definition) is 4. The summed E-state index contributed by atoms with van der Waals surface area (Å²) >= 11 is 9.58. The first kappa shape index (κ1) is 30.1. The van der Waals surface area contributed by atoms with Gasteiger partial charge in [-0.3, -0.25) is 13.9 Å². The number of nitrogens with two attached hydrogens (primary N) is 2. The van der Waals surface area contributed by atoms with Gasteiger partial charge >= 0.3 is 13.5 Å². The van der Waals surface area contributed by atoms with E-state index in [4.69, 9.17) is 46.1 Å². The molecule has 3 fully saturated rings. The lowest BCUT2D eigenvalue weighted by atomic mass is 9.70. The normalized spacial score (nSPS) is 34.8. The van der Waals surface area contributed by atoms with Crippen LogP contribution in [0.4, 0.5) is 5.82 Å². The van der Waals surface area contributed by atoms with Crippen molar-refractivity contribution in [2.45, 2.75) is 37.3 Å². The van der Waals surface area contributed by atoms with Crippen molar-refractivity contribution in [3.8, 4) is 0 Å². The van der Waals surface area contributed by atoms with Crippen molar-refractivity contribution in [3.05, 3.63) is 36.4 Å². The molecular formula is C23H27N9O8P2S2. The molecule has 1 aromatic carbocycles. The summed E-state index contributed by atoms with van der Waals surface area (Å²) in [5, 5.41) is 8.44. The van der Waals surface area contributed by atoms with Gasteiger partial charge in [0.1, 0.15) is 29.7 Å². The number of fused-ring (bicyclic) bond motifs is 4. The number of carbonyl (C=O) groups is 1. The predicted octanol–water partition coefficient (Wildman–Crippen LogP) is 2.12. The summed E-state index contributed by atoms with van der Waals surface area (Å²) in [6.07, 6.45) is 1.30. The molecule has 5 N–H and O–H groups in total. The zero-order valence-corrected chi connectivity index (χ0v) is 26.2. The van der Waals surface area contributed by atoms with Crippen molar-refractivity contribution in [1.29, 1.82) is 0 Å². The van der Waals surface area contributed by atoms with E-state index in [1.807, 2.05) is 0 Å². The molecule has 44 heavy (non-hydrogen) atoms. The number of amides is 1. The third-order valence-electron chi connectivity index (χ3n) is 8.16. The molecule has 5 heterocycles. The molecule has 3 aliphatic rings. The van der Waals surface area contributed by atoms with Gasteiger partial charge in [-0.05, 0) is 36.3 Å². The fraction of sp³-hybridized carbons (Fsp3) is 0.478. The SMILES string of the molecule is NC(=O)c1cccc2c1nnn2[C@@H]1C[C@@H]2COP(O)(=S)O[C@H]3C[C@H](n4cnc5c(N)ncnc54)O[C@@H]3COP(=O)(S)OC[C@H]21. The van der Waals surface area contributed by atoms with Crippen LogP contribution in [0.15, 0.2) is 30.9 Å². The maximum atomic E-state index is 13.3. The van der Waals surface area contributed by atoms with Crippen LogP contribution in [-0.4, -0.2) is 77.3 Å². The second kappa shape index (κ2) is 11.3. The van der Waals surface area contributed by atoms with E-state index in [0.29, 0.717) is 28.6 Å². The van der Waals surface area contributed by atoms with Crippen molar-refractivity contribution in [1.82, 2.24) is 34.5 Å². The minimum atomic E-state index is -3.89. The van der Waals surface area contributed by atoms with Crippen molar-refractivity contribution in [3.63, 3.8) is 0 Å². The van der Waals surface area contributed by atoms with Gasteiger partial charge in [0.15, 0.2) is 11.5 Å². The molecule has 0 bridgehead atoms. The van der Waals surface area contributed by atoms with Gasteiger partial charge in [0, 0.05) is 12.3 Å². The largest absolute Gasteiger partial charge is 0.386 e. The molecule has 1 amide bonds. The minimum absolute atomic E-state index is 0.0365.